The fourth-order valence-corrected chi connectivity index (χ4v) is 1.28. The molecule has 0 atom stereocenters. The first kappa shape index (κ1) is 9.55. The maximum atomic E-state index is 13.0. The number of anilines is 1. The van der Waals surface area contributed by atoms with Crippen molar-refractivity contribution in [3.63, 3.8) is 0 Å². The number of hydrogen-bond acceptors (Lipinski definition) is 3. The minimum absolute atomic E-state index is 0.000269. The summed E-state index contributed by atoms with van der Waals surface area (Å²) in [6, 6.07) is 2.53. The molecular weight excluding hydrogens is 209 g/mol. The molecule has 0 unspecified atom stereocenters. The van der Waals surface area contributed by atoms with Crippen molar-refractivity contribution in [1.29, 1.82) is 0 Å². The Morgan fingerprint density at radius 1 is 1.50 bits per heavy atom. The lowest BCUT2D eigenvalue weighted by Gasteiger charge is -2.27. The van der Waals surface area contributed by atoms with Crippen LogP contribution in [0.5, 0.6) is 5.75 Å². The molecule has 0 radical (unpaired) electrons. The Hall–Kier alpha value is -1.00. The Morgan fingerprint density at radius 2 is 2.21 bits per heavy atom. The molecule has 2 rings (SSSR count). The Bertz CT molecular complexity index is 355. The van der Waals surface area contributed by atoms with Crippen LogP contribution in [0, 0.1) is 5.82 Å². The van der Waals surface area contributed by atoms with Crippen molar-refractivity contribution in [2.45, 2.75) is 6.10 Å². The lowest BCUT2D eigenvalue weighted by atomic mass is 10.2. The average molecular weight is 218 g/mol. The number of rotatable bonds is 2. The smallest absolute Gasteiger partial charge is 0.145 e. The zero-order valence-electron chi connectivity index (χ0n) is 7.30. The second-order valence-electron chi connectivity index (χ2n) is 3.08. The van der Waals surface area contributed by atoms with Crippen LogP contribution in [0.2, 0.25) is 5.02 Å². The van der Waals surface area contributed by atoms with Gasteiger partial charge in [-0.25, -0.2) is 4.39 Å². The van der Waals surface area contributed by atoms with Crippen molar-refractivity contribution in [3.05, 3.63) is 23.0 Å². The van der Waals surface area contributed by atoms with Gasteiger partial charge in [0.15, 0.2) is 0 Å². The standard InChI is InChI=1S/C9H9ClFNO2/c10-6-1-8(12)9(2-7(6)11)14-5-3-13-4-5/h1-2,5H,3-4,12H2. The van der Waals surface area contributed by atoms with Crippen molar-refractivity contribution >= 4 is 17.3 Å². The Kier molecular flexibility index (Phi) is 2.48. The Labute approximate surface area is 85.6 Å². The fraction of sp³-hybridized carbons (Fsp3) is 0.333. The van der Waals surface area contributed by atoms with Gasteiger partial charge in [-0.1, -0.05) is 11.6 Å². The molecule has 1 aliphatic heterocycles. The number of hydrogen-bond donors (Lipinski definition) is 1. The van der Waals surface area contributed by atoms with Gasteiger partial charge in [-0.3, -0.25) is 0 Å². The van der Waals surface area contributed by atoms with Gasteiger partial charge >= 0.3 is 0 Å². The van der Waals surface area contributed by atoms with Crippen LogP contribution in [0.3, 0.4) is 0 Å². The van der Waals surface area contributed by atoms with Crippen LogP contribution < -0.4 is 10.5 Å². The van der Waals surface area contributed by atoms with Crippen LogP contribution in [0.1, 0.15) is 0 Å². The lowest BCUT2D eigenvalue weighted by molar-refractivity contribution is -0.0794. The molecule has 1 saturated heterocycles. The Morgan fingerprint density at radius 3 is 2.79 bits per heavy atom. The third-order valence-corrected chi connectivity index (χ3v) is 2.24. The van der Waals surface area contributed by atoms with Crippen molar-refractivity contribution in [1.82, 2.24) is 0 Å². The van der Waals surface area contributed by atoms with Gasteiger partial charge in [0, 0.05) is 6.07 Å². The molecule has 3 nitrogen and oxygen atoms in total. The number of ether oxygens (including phenoxy) is 2. The van der Waals surface area contributed by atoms with Gasteiger partial charge < -0.3 is 15.2 Å². The molecule has 0 saturated carbocycles. The van der Waals surface area contributed by atoms with E-state index in [1.807, 2.05) is 0 Å². The summed E-state index contributed by atoms with van der Waals surface area (Å²) in [7, 11) is 0. The highest BCUT2D eigenvalue weighted by Crippen LogP contribution is 2.29. The van der Waals surface area contributed by atoms with Crippen LogP contribution in [0.25, 0.3) is 0 Å². The third-order valence-electron chi connectivity index (χ3n) is 1.95. The summed E-state index contributed by atoms with van der Waals surface area (Å²) in [5, 5.41) is -0.000269. The van der Waals surface area contributed by atoms with E-state index in [0.717, 1.165) is 0 Å². The van der Waals surface area contributed by atoms with Gasteiger partial charge in [-0.15, -0.1) is 0 Å². The van der Waals surface area contributed by atoms with E-state index in [-0.39, 0.29) is 11.1 Å². The molecule has 0 amide bonds. The Balaban J connectivity index is 2.19. The number of benzene rings is 1. The predicted octanol–water partition coefficient (Wildman–Crippen LogP) is 1.84. The molecule has 1 aromatic carbocycles. The molecule has 1 fully saturated rings. The van der Waals surface area contributed by atoms with E-state index in [4.69, 9.17) is 26.8 Å². The molecule has 1 aliphatic rings. The summed E-state index contributed by atoms with van der Waals surface area (Å²) >= 11 is 5.54. The first-order valence-electron chi connectivity index (χ1n) is 4.16. The normalized spacial score (nSPS) is 16.4. The molecule has 0 aromatic heterocycles. The van der Waals surface area contributed by atoms with E-state index < -0.39 is 5.82 Å². The SMILES string of the molecule is Nc1cc(Cl)c(F)cc1OC1COC1. The summed E-state index contributed by atoms with van der Waals surface area (Å²) in [6.07, 6.45) is -0.0297. The van der Waals surface area contributed by atoms with Gasteiger partial charge in [0.05, 0.1) is 23.9 Å². The minimum Gasteiger partial charge on any atom is -0.483 e. The highest BCUT2D eigenvalue weighted by molar-refractivity contribution is 6.31. The van der Waals surface area contributed by atoms with Crippen molar-refractivity contribution < 1.29 is 13.9 Å². The zero-order valence-corrected chi connectivity index (χ0v) is 8.05. The molecule has 2 N–H and O–H groups in total. The first-order chi connectivity index (χ1) is 6.66. The van der Waals surface area contributed by atoms with Gasteiger partial charge in [0.1, 0.15) is 17.7 Å². The third kappa shape index (κ3) is 1.76. The number of halogens is 2. The maximum Gasteiger partial charge on any atom is 0.145 e. The van der Waals surface area contributed by atoms with Gasteiger partial charge in [-0.05, 0) is 6.07 Å². The van der Waals surface area contributed by atoms with E-state index >= 15 is 0 Å². The molecule has 1 aromatic rings. The highest BCUT2D eigenvalue weighted by Gasteiger charge is 2.21. The first-order valence-corrected chi connectivity index (χ1v) is 4.53. The maximum absolute atomic E-state index is 13.0. The zero-order chi connectivity index (χ0) is 10.1. The second kappa shape index (κ2) is 3.63. The average Bonchev–Trinajstić information content (AvgIpc) is 2.06. The molecule has 0 bridgehead atoms. The van der Waals surface area contributed by atoms with Gasteiger partial charge in [0.25, 0.3) is 0 Å². The van der Waals surface area contributed by atoms with E-state index in [9.17, 15) is 4.39 Å². The summed E-state index contributed by atoms with van der Waals surface area (Å²) in [4.78, 5) is 0. The minimum atomic E-state index is -0.531. The van der Waals surface area contributed by atoms with Crippen molar-refractivity contribution in [2.24, 2.45) is 0 Å². The van der Waals surface area contributed by atoms with Crippen molar-refractivity contribution in [2.75, 3.05) is 18.9 Å². The van der Waals surface area contributed by atoms with Crippen LogP contribution in [-0.4, -0.2) is 19.3 Å². The summed E-state index contributed by atoms with van der Waals surface area (Å²) in [5.41, 5.74) is 5.94. The van der Waals surface area contributed by atoms with Crippen LogP contribution >= 0.6 is 11.6 Å². The van der Waals surface area contributed by atoms with Crippen LogP contribution in [-0.2, 0) is 4.74 Å². The second-order valence-corrected chi connectivity index (χ2v) is 3.49. The molecule has 76 valence electrons. The quantitative estimate of drug-likeness (QED) is 0.769. The van der Waals surface area contributed by atoms with E-state index in [0.29, 0.717) is 24.7 Å². The molecule has 14 heavy (non-hydrogen) atoms. The highest BCUT2D eigenvalue weighted by atomic mass is 35.5. The molecular formula is C9H9ClFNO2. The van der Waals surface area contributed by atoms with E-state index in [1.165, 1.54) is 12.1 Å². The molecule has 0 spiro atoms. The van der Waals surface area contributed by atoms with Gasteiger partial charge in [0.2, 0.25) is 0 Å². The van der Waals surface area contributed by atoms with Crippen LogP contribution in [0.4, 0.5) is 10.1 Å². The fourth-order valence-electron chi connectivity index (χ4n) is 1.11. The molecule has 5 heteroatoms. The summed E-state index contributed by atoms with van der Waals surface area (Å²) < 4.78 is 23.3. The topological polar surface area (TPSA) is 44.5 Å². The monoisotopic (exact) mass is 217 g/mol. The van der Waals surface area contributed by atoms with E-state index in [2.05, 4.69) is 0 Å². The van der Waals surface area contributed by atoms with E-state index in [1.54, 1.807) is 0 Å². The number of nitrogens with two attached hydrogens (primary N) is 1. The summed E-state index contributed by atoms with van der Waals surface area (Å²) in [5.74, 6) is -0.212. The van der Waals surface area contributed by atoms with Crippen LogP contribution in [0.15, 0.2) is 12.1 Å². The summed E-state index contributed by atoms with van der Waals surface area (Å²) in [6.45, 7) is 1.04. The van der Waals surface area contributed by atoms with Gasteiger partial charge in [-0.2, -0.15) is 0 Å². The molecule has 0 aliphatic carbocycles. The predicted molar refractivity (Wildman–Crippen MR) is 51.1 cm³/mol. The lowest BCUT2D eigenvalue weighted by Crippen LogP contribution is -2.38. The molecule has 1 heterocycles. The number of nitrogen functional groups attached to an aromatic ring is 1. The van der Waals surface area contributed by atoms with Crippen molar-refractivity contribution in [3.8, 4) is 5.75 Å². The largest absolute Gasteiger partial charge is 0.483 e.